The summed E-state index contributed by atoms with van der Waals surface area (Å²) in [6, 6.07) is 0. The molecule has 5 heteroatoms. The van der Waals surface area contributed by atoms with Crippen molar-refractivity contribution in [3.05, 3.63) is 0 Å². The van der Waals surface area contributed by atoms with E-state index in [1.54, 1.807) is 0 Å². The second-order valence-electron chi connectivity index (χ2n) is 0.0583. The Bertz CT molecular complexity index is 7.61. The predicted octanol–water partition coefficient (Wildman–Crippen LogP) is 0.483. The van der Waals surface area contributed by atoms with Crippen molar-refractivity contribution in [3.63, 3.8) is 0 Å². The first-order valence-electron chi connectivity index (χ1n) is 0.309. The molecule has 33 valence electrons. The van der Waals surface area contributed by atoms with Crippen LogP contribution in [0.3, 0.4) is 0 Å². The van der Waals surface area contributed by atoms with Crippen LogP contribution in [0, 0.1) is 0 Å². The van der Waals surface area contributed by atoms with Gasteiger partial charge in [-0.1, -0.05) is 0 Å². The molecular weight excluding hydrogens is 284 g/mol. The Kier molecular flexibility index (Phi) is 61.3. The van der Waals surface area contributed by atoms with Crippen molar-refractivity contribution in [2.75, 3.05) is 0 Å². The molecule has 0 amide bonds. The molecule has 0 saturated heterocycles. The van der Waals surface area contributed by atoms with Crippen LogP contribution in [0.15, 0.2) is 0 Å². The molecule has 0 aliphatic heterocycles. The molecule has 5 heavy (non-hydrogen) atoms. The Balaban J connectivity index is -0.0000000200. The molecule has 0 aliphatic rings. The molecule has 2 N–H and O–H groups in total. The minimum absolute atomic E-state index is 0. The third-order valence-electron chi connectivity index (χ3n) is 0. The maximum Gasteiger partial charge on any atom is 0.0832 e. The SMILES string of the molecule is ClOCl.O.[Ta]. The first-order chi connectivity index (χ1) is 1.41. The molecule has 0 bridgehead atoms. The first kappa shape index (κ1) is 16.3. The normalized spacial score (nSPS) is 3.60. The first-order valence-corrected chi connectivity index (χ1v) is 0.926. The molecule has 0 aromatic heterocycles. The summed E-state index contributed by atoms with van der Waals surface area (Å²) in [5.41, 5.74) is 0. The summed E-state index contributed by atoms with van der Waals surface area (Å²) in [5.74, 6) is 0. The number of halogens is 2. The van der Waals surface area contributed by atoms with Gasteiger partial charge in [-0.05, 0) is 0 Å². The second kappa shape index (κ2) is 18.8. The van der Waals surface area contributed by atoms with E-state index in [4.69, 9.17) is 0 Å². The minimum atomic E-state index is 0. The van der Waals surface area contributed by atoms with Crippen molar-refractivity contribution >= 4 is 23.7 Å². The van der Waals surface area contributed by atoms with Gasteiger partial charge in [0.25, 0.3) is 0 Å². The zero-order valence-electron chi connectivity index (χ0n) is 2.11. The van der Waals surface area contributed by atoms with E-state index in [2.05, 4.69) is 27.6 Å². The van der Waals surface area contributed by atoms with E-state index in [-0.39, 0.29) is 27.9 Å². The van der Waals surface area contributed by atoms with E-state index in [0.29, 0.717) is 0 Å². The van der Waals surface area contributed by atoms with Crippen molar-refractivity contribution in [2.24, 2.45) is 0 Å². The van der Waals surface area contributed by atoms with Crippen molar-refractivity contribution in [1.29, 1.82) is 0 Å². The maximum atomic E-state index is 4.26. The summed E-state index contributed by atoms with van der Waals surface area (Å²) < 4.78 is 3.19. The Labute approximate surface area is 55.6 Å². The Morgan fingerprint density at radius 2 is 1.20 bits per heavy atom. The van der Waals surface area contributed by atoms with Gasteiger partial charge in [0.15, 0.2) is 0 Å². The maximum absolute atomic E-state index is 4.26. The fourth-order valence-corrected chi connectivity index (χ4v) is 0. The molecule has 0 aliphatic carbocycles. The van der Waals surface area contributed by atoms with Crippen LogP contribution in [0.25, 0.3) is 0 Å². The van der Waals surface area contributed by atoms with Gasteiger partial charge in [0.05, 0.1) is 23.7 Å². The summed E-state index contributed by atoms with van der Waals surface area (Å²) >= 11 is 8.53. The number of hydrogen-bond donors (Lipinski definition) is 0. The summed E-state index contributed by atoms with van der Waals surface area (Å²) in [5, 5.41) is 0. The van der Waals surface area contributed by atoms with Crippen LogP contribution in [-0.2, 0) is 26.2 Å². The van der Waals surface area contributed by atoms with E-state index in [1.165, 1.54) is 0 Å². The van der Waals surface area contributed by atoms with Gasteiger partial charge in [0.2, 0.25) is 0 Å². The molecule has 0 aromatic carbocycles. The Morgan fingerprint density at radius 3 is 1.20 bits per heavy atom. The third kappa shape index (κ3) is 35.8. The molecule has 0 heterocycles. The van der Waals surface area contributed by atoms with Crippen LogP contribution in [0.2, 0.25) is 0 Å². The topological polar surface area (TPSA) is 40.7 Å². The van der Waals surface area contributed by atoms with Crippen molar-refractivity contribution in [3.8, 4) is 0 Å². The molecule has 1 radical (unpaired) electrons. The minimum Gasteiger partial charge on any atom is -0.412 e. The van der Waals surface area contributed by atoms with Crippen molar-refractivity contribution in [1.82, 2.24) is 0 Å². The van der Waals surface area contributed by atoms with Gasteiger partial charge in [0, 0.05) is 22.4 Å². The van der Waals surface area contributed by atoms with Gasteiger partial charge in [-0.3, -0.25) is 0 Å². The van der Waals surface area contributed by atoms with E-state index in [9.17, 15) is 0 Å². The van der Waals surface area contributed by atoms with Crippen molar-refractivity contribution in [2.45, 2.75) is 0 Å². The average molecular weight is 286 g/mol. The molecule has 0 spiro atoms. The van der Waals surface area contributed by atoms with Gasteiger partial charge in [0.1, 0.15) is 0 Å². The van der Waals surface area contributed by atoms with E-state index < -0.39 is 0 Å². The van der Waals surface area contributed by atoms with E-state index >= 15 is 0 Å². The van der Waals surface area contributed by atoms with Gasteiger partial charge in [-0.2, -0.15) is 3.84 Å². The molecular formula is H2Cl2O2Ta. The third-order valence-corrected chi connectivity index (χ3v) is 0. The van der Waals surface area contributed by atoms with Gasteiger partial charge in [-0.25, -0.2) is 0 Å². The second-order valence-corrected chi connectivity index (χ2v) is 0.525. The van der Waals surface area contributed by atoms with Gasteiger partial charge < -0.3 is 5.48 Å². The Morgan fingerprint density at radius 1 is 1.20 bits per heavy atom. The molecule has 0 atom stereocenters. The zero-order chi connectivity index (χ0) is 2.71. The van der Waals surface area contributed by atoms with Crippen LogP contribution in [0.5, 0.6) is 0 Å². The molecule has 0 saturated carbocycles. The zero-order valence-corrected chi connectivity index (χ0v) is 6.84. The molecule has 2 nitrogen and oxygen atoms in total. The standard InChI is InChI=1S/Cl2O.H2O.Ta/c1-3-2;;/h;1H2;. The number of rotatable bonds is 0. The number of hydrogen-bond acceptors (Lipinski definition) is 1. The summed E-state index contributed by atoms with van der Waals surface area (Å²) in [6.07, 6.45) is 0. The smallest absolute Gasteiger partial charge is 0.0832 e. The molecule has 0 rings (SSSR count). The summed E-state index contributed by atoms with van der Waals surface area (Å²) in [4.78, 5) is 0. The Hall–Kier alpha value is 1.24. The summed E-state index contributed by atoms with van der Waals surface area (Å²) in [7, 11) is 0. The average Bonchev–Trinajstić information content (AvgIpc) is 0.918. The van der Waals surface area contributed by atoms with Crippen LogP contribution in [0.1, 0.15) is 0 Å². The van der Waals surface area contributed by atoms with Gasteiger partial charge >= 0.3 is 0 Å². The fourth-order valence-electron chi connectivity index (χ4n) is 0. The monoisotopic (exact) mass is 285 g/mol. The van der Waals surface area contributed by atoms with E-state index in [0.717, 1.165) is 0 Å². The quantitative estimate of drug-likeness (QED) is 0.638. The molecule has 0 aromatic rings. The van der Waals surface area contributed by atoms with E-state index in [1.807, 2.05) is 0 Å². The predicted molar refractivity (Wildman–Crippen MR) is 16.4 cm³/mol. The van der Waals surface area contributed by atoms with Crippen LogP contribution < -0.4 is 0 Å². The molecule has 0 unspecified atom stereocenters. The van der Waals surface area contributed by atoms with Crippen molar-refractivity contribution < 1.29 is 31.7 Å². The summed E-state index contributed by atoms with van der Waals surface area (Å²) in [6.45, 7) is 0. The van der Waals surface area contributed by atoms with Crippen LogP contribution >= 0.6 is 23.7 Å². The van der Waals surface area contributed by atoms with Crippen LogP contribution in [-0.4, -0.2) is 5.48 Å². The van der Waals surface area contributed by atoms with Crippen LogP contribution in [0.4, 0.5) is 0 Å². The molecule has 0 fully saturated rings. The van der Waals surface area contributed by atoms with Gasteiger partial charge in [-0.15, -0.1) is 0 Å². The fraction of sp³-hybridized carbons (Fsp3) is 0. The largest absolute Gasteiger partial charge is 0.412 e.